The standard InChI is InChI=1S/C30H35Cl2N2O/c31-29-13-12-26(23-30(29)32)16-21-34(24-35,28-10-5-2-6-11-28)20-7-17-33-18-14-27(15-19-33)22-25-8-3-1-4-9-25/h1-6,8-13,23-24,27H,7,14-22H2/q+1. The number of carbonyl (C=O) groups is 1. The fraction of sp³-hybridized carbons (Fsp3) is 0.367. The monoisotopic (exact) mass is 509 g/mol. The van der Waals surface area contributed by atoms with Gasteiger partial charge in [-0.1, -0.05) is 77.8 Å². The Bertz CT molecular complexity index is 1070. The third kappa shape index (κ3) is 7.17. The average Bonchev–Trinajstić information content (AvgIpc) is 2.90. The fourth-order valence-electron chi connectivity index (χ4n) is 5.22. The van der Waals surface area contributed by atoms with Gasteiger partial charge in [0.25, 0.3) is 0 Å². The summed E-state index contributed by atoms with van der Waals surface area (Å²) < 4.78 is 0.325. The van der Waals surface area contributed by atoms with Crippen molar-refractivity contribution in [2.75, 3.05) is 32.7 Å². The first-order chi connectivity index (χ1) is 17.1. The van der Waals surface area contributed by atoms with Crippen LogP contribution in [0.5, 0.6) is 0 Å². The van der Waals surface area contributed by atoms with Gasteiger partial charge in [0, 0.05) is 19.4 Å². The van der Waals surface area contributed by atoms with Crippen molar-refractivity contribution in [3.63, 3.8) is 0 Å². The maximum Gasteiger partial charge on any atom is 0.306 e. The first kappa shape index (κ1) is 25.9. The van der Waals surface area contributed by atoms with Crippen molar-refractivity contribution in [3.8, 4) is 0 Å². The summed E-state index contributed by atoms with van der Waals surface area (Å²) >= 11 is 12.3. The van der Waals surface area contributed by atoms with Crippen molar-refractivity contribution in [3.05, 3.63) is 100 Å². The van der Waals surface area contributed by atoms with Crippen LogP contribution in [-0.4, -0.2) is 44.0 Å². The highest BCUT2D eigenvalue weighted by Gasteiger charge is 2.30. The number of hydrogen-bond acceptors (Lipinski definition) is 2. The second-order valence-electron chi connectivity index (χ2n) is 9.75. The Labute approximate surface area is 219 Å². The molecule has 1 amide bonds. The molecule has 3 aromatic rings. The lowest BCUT2D eigenvalue weighted by atomic mass is 9.90. The molecule has 1 aliphatic rings. The normalized spacial score (nSPS) is 16.6. The van der Waals surface area contributed by atoms with Crippen LogP contribution in [0.3, 0.4) is 0 Å². The number of rotatable bonds is 11. The molecule has 35 heavy (non-hydrogen) atoms. The van der Waals surface area contributed by atoms with Crippen LogP contribution in [0.25, 0.3) is 0 Å². The van der Waals surface area contributed by atoms with Crippen LogP contribution >= 0.6 is 23.2 Å². The van der Waals surface area contributed by atoms with Crippen LogP contribution in [0.1, 0.15) is 30.4 Å². The first-order valence-corrected chi connectivity index (χ1v) is 13.4. The van der Waals surface area contributed by atoms with Gasteiger partial charge in [0.2, 0.25) is 0 Å². The van der Waals surface area contributed by atoms with Gasteiger partial charge in [-0.05, 0) is 73.7 Å². The van der Waals surface area contributed by atoms with E-state index in [9.17, 15) is 4.79 Å². The molecule has 0 aromatic heterocycles. The Morgan fingerprint density at radius 1 is 0.829 bits per heavy atom. The van der Waals surface area contributed by atoms with Gasteiger partial charge in [-0.3, -0.25) is 0 Å². The molecule has 0 saturated carbocycles. The number of para-hydroxylation sites is 1. The number of hydrogen-bond donors (Lipinski definition) is 0. The van der Waals surface area contributed by atoms with Crippen molar-refractivity contribution < 1.29 is 4.79 Å². The van der Waals surface area contributed by atoms with E-state index >= 15 is 0 Å². The minimum atomic E-state index is 0.325. The van der Waals surface area contributed by atoms with Crippen LogP contribution in [0.2, 0.25) is 10.0 Å². The van der Waals surface area contributed by atoms with Crippen molar-refractivity contribution in [2.45, 2.75) is 32.1 Å². The van der Waals surface area contributed by atoms with E-state index in [2.05, 4.69) is 47.4 Å². The third-order valence-corrected chi connectivity index (χ3v) is 8.10. The van der Waals surface area contributed by atoms with Gasteiger partial charge in [-0.25, -0.2) is 9.28 Å². The number of halogens is 2. The highest BCUT2D eigenvalue weighted by Crippen LogP contribution is 2.26. The van der Waals surface area contributed by atoms with Gasteiger partial charge in [0.05, 0.1) is 23.1 Å². The lowest BCUT2D eigenvalue weighted by Crippen LogP contribution is -2.51. The third-order valence-electron chi connectivity index (χ3n) is 7.36. The summed E-state index contributed by atoms with van der Waals surface area (Å²) in [7, 11) is 0. The Morgan fingerprint density at radius 3 is 2.17 bits per heavy atom. The number of amides is 1. The number of quaternary nitrogens is 1. The highest BCUT2D eigenvalue weighted by molar-refractivity contribution is 6.42. The molecule has 5 heteroatoms. The molecule has 1 saturated heterocycles. The maximum absolute atomic E-state index is 12.6. The molecule has 0 bridgehead atoms. The predicted molar refractivity (Wildman–Crippen MR) is 148 cm³/mol. The van der Waals surface area contributed by atoms with Crippen molar-refractivity contribution in [1.29, 1.82) is 0 Å². The van der Waals surface area contributed by atoms with Crippen LogP contribution in [0.15, 0.2) is 78.9 Å². The second kappa shape index (κ2) is 12.7. The molecular formula is C30H35Cl2N2O+. The zero-order chi connectivity index (χ0) is 24.5. The number of likely N-dealkylation sites (tertiary alicyclic amines) is 1. The molecule has 1 unspecified atom stereocenters. The van der Waals surface area contributed by atoms with Gasteiger partial charge < -0.3 is 4.90 Å². The van der Waals surface area contributed by atoms with Gasteiger partial charge >= 0.3 is 6.41 Å². The van der Waals surface area contributed by atoms with Crippen LogP contribution in [0, 0.1) is 5.92 Å². The van der Waals surface area contributed by atoms with E-state index in [1.165, 1.54) is 24.8 Å². The van der Waals surface area contributed by atoms with Crippen molar-refractivity contribution in [1.82, 2.24) is 9.38 Å². The summed E-state index contributed by atoms with van der Waals surface area (Å²) in [5, 5.41) is 1.12. The van der Waals surface area contributed by atoms with Crippen molar-refractivity contribution >= 4 is 35.3 Å². The lowest BCUT2D eigenvalue weighted by molar-refractivity contribution is -0.117. The summed E-state index contributed by atoms with van der Waals surface area (Å²) in [4.78, 5) is 15.2. The van der Waals surface area contributed by atoms with E-state index in [4.69, 9.17) is 23.2 Å². The Kier molecular flexibility index (Phi) is 9.39. The molecule has 1 fully saturated rings. The predicted octanol–water partition coefficient (Wildman–Crippen LogP) is 7.04. The van der Waals surface area contributed by atoms with Crippen LogP contribution in [0.4, 0.5) is 5.69 Å². The Hall–Kier alpha value is -2.17. The summed E-state index contributed by atoms with van der Waals surface area (Å²) in [6, 6.07) is 26.8. The van der Waals surface area contributed by atoms with Crippen LogP contribution in [-0.2, 0) is 17.6 Å². The van der Waals surface area contributed by atoms with E-state index < -0.39 is 0 Å². The van der Waals surface area contributed by atoms with Gasteiger partial charge in [-0.2, -0.15) is 0 Å². The number of carbonyl (C=O) groups excluding carboxylic acids is 1. The van der Waals surface area contributed by atoms with Crippen LogP contribution < -0.4 is 4.48 Å². The van der Waals surface area contributed by atoms with E-state index in [0.717, 1.165) is 62.6 Å². The zero-order valence-corrected chi connectivity index (χ0v) is 21.8. The smallest absolute Gasteiger partial charge is 0.303 e. The molecule has 0 spiro atoms. The van der Waals surface area contributed by atoms with E-state index in [1.807, 2.05) is 36.4 Å². The second-order valence-corrected chi connectivity index (χ2v) is 10.6. The fourth-order valence-corrected chi connectivity index (χ4v) is 5.54. The topological polar surface area (TPSA) is 20.3 Å². The molecular weight excluding hydrogens is 475 g/mol. The highest BCUT2D eigenvalue weighted by atomic mass is 35.5. The van der Waals surface area contributed by atoms with E-state index in [-0.39, 0.29) is 0 Å². The molecule has 1 aliphatic heterocycles. The minimum absolute atomic E-state index is 0.325. The lowest BCUT2D eigenvalue weighted by Gasteiger charge is -2.35. The maximum atomic E-state index is 12.6. The van der Waals surface area contributed by atoms with E-state index in [1.54, 1.807) is 0 Å². The Morgan fingerprint density at radius 2 is 1.51 bits per heavy atom. The first-order valence-electron chi connectivity index (χ1n) is 12.7. The quantitative estimate of drug-likeness (QED) is 0.204. The molecule has 1 heterocycles. The van der Waals surface area contributed by atoms with Crippen molar-refractivity contribution in [2.24, 2.45) is 5.92 Å². The minimum Gasteiger partial charge on any atom is -0.303 e. The van der Waals surface area contributed by atoms with Gasteiger partial charge in [0.15, 0.2) is 0 Å². The molecule has 0 N–H and O–H groups in total. The van der Waals surface area contributed by atoms with E-state index in [0.29, 0.717) is 21.1 Å². The molecule has 3 aromatic carbocycles. The number of nitrogens with zero attached hydrogens (tertiary/aromatic N) is 2. The number of benzene rings is 3. The largest absolute Gasteiger partial charge is 0.306 e. The summed E-state index contributed by atoms with van der Waals surface area (Å²) in [5.41, 5.74) is 3.59. The molecule has 4 rings (SSSR count). The summed E-state index contributed by atoms with van der Waals surface area (Å²) in [5.74, 6) is 0.772. The molecule has 3 nitrogen and oxygen atoms in total. The van der Waals surface area contributed by atoms with Gasteiger partial charge in [-0.15, -0.1) is 0 Å². The average molecular weight is 511 g/mol. The molecule has 0 radical (unpaired) electrons. The number of piperidine rings is 1. The SMILES string of the molecule is O=C[N+](CCCN1CCC(Cc2ccccc2)CC1)(CCc1ccc(Cl)c(Cl)c1)c1ccccc1. The van der Waals surface area contributed by atoms with Gasteiger partial charge in [0.1, 0.15) is 5.69 Å². The molecule has 1 atom stereocenters. The summed E-state index contributed by atoms with van der Waals surface area (Å²) in [6.07, 6.45) is 6.55. The molecule has 0 aliphatic carbocycles. The molecule has 184 valence electrons. The zero-order valence-electron chi connectivity index (χ0n) is 20.3. The summed E-state index contributed by atoms with van der Waals surface area (Å²) in [6.45, 7) is 4.81. The Balaban J connectivity index is 1.33.